The molecule has 2 nitrogen and oxygen atoms in total. The van der Waals surface area contributed by atoms with E-state index in [1.807, 2.05) is 0 Å². The first-order valence-corrected chi connectivity index (χ1v) is 8.04. The predicted octanol–water partition coefficient (Wildman–Crippen LogP) is 4.63. The zero-order chi connectivity index (χ0) is 16.1. The van der Waals surface area contributed by atoms with Crippen LogP contribution in [-0.2, 0) is 17.4 Å². The molecule has 2 N–H and O–H groups in total. The van der Waals surface area contributed by atoms with Crippen molar-refractivity contribution in [3.05, 3.63) is 28.8 Å². The standard InChI is InChI=1S/C19H31NO/c1-17(2,3)14-10-13(12-20-19(7)8-9-19)11-15(16(14)21)18(4,5)6/h10-11,20-21H,8-9,12H2,1-7H3. The number of phenolic OH excluding ortho intramolecular Hbond substituents is 1. The van der Waals surface area contributed by atoms with Gasteiger partial charge in [0.1, 0.15) is 5.75 Å². The van der Waals surface area contributed by atoms with Gasteiger partial charge in [-0.1, -0.05) is 53.7 Å². The molecule has 0 amide bonds. The van der Waals surface area contributed by atoms with E-state index in [0.29, 0.717) is 11.3 Å². The predicted molar refractivity (Wildman–Crippen MR) is 90.0 cm³/mol. The van der Waals surface area contributed by atoms with Crippen LogP contribution in [0.1, 0.15) is 78.0 Å². The van der Waals surface area contributed by atoms with Gasteiger partial charge in [-0.25, -0.2) is 0 Å². The van der Waals surface area contributed by atoms with E-state index in [9.17, 15) is 5.11 Å². The Kier molecular flexibility index (Phi) is 3.90. The molecule has 1 aliphatic carbocycles. The van der Waals surface area contributed by atoms with Crippen molar-refractivity contribution in [1.82, 2.24) is 5.32 Å². The lowest BCUT2D eigenvalue weighted by atomic mass is 9.78. The first-order valence-electron chi connectivity index (χ1n) is 8.04. The Balaban J connectivity index is 2.41. The van der Waals surface area contributed by atoms with E-state index in [2.05, 4.69) is 65.9 Å². The van der Waals surface area contributed by atoms with E-state index < -0.39 is 0 Å². The molecule has 0 unspecified atom stereocenters. The van der Waals surface area contributed by atoms with Crippen molar-refractivity contribution in [2.75, 3.05) is 0 Å². The lowest BCUT2D eigenvalue weighted by Gasteiger charge is -2.28. The molecule has 1 fully saturated rings. The molecule has 21 heavy (non-hydrogen) atoms. The molecule has 118 valence electrons. The molecule has 0 heterocycles. The van der Waals surface area contributed by atoms with Gasteiger partial charge in [0.05, 0.1) is 0 Å². The summed E-state index contributed by atoms with van der Waals surface area (Å²) < 4.78 is 0. The van der Waals surface area contributed by atoms with Gasteiger partial charge in [-0.2, -0.15) is 0 Å². The van der Waals surface area contributed by atoms with E-state index >= 15 is 0 Å². The summed E-state index contributed by atoms with van der Waals surface area (Å²) >= 11 is 0. The summed E-state index contributed by atoms with van der Waals surface area (Å²) in [7, 11) is 0. The highest BCUT2D eigenvalue weighted by molar-refractivity contribution is 5.49. The van der Waals surface area contributed by atoms with Gasteiger partial charge < -0.3 is 10.4 Å². The van der Waals surface area contributed by atoms with Crippen LogP contribution >= 0.6 is 0 Å². The Morgan fingerprint density at radius 1 is 1.00 bits per heavy atom. The third-order valence-corrected chi connectivity index (χ3v) is 4.51. The molecular weight excluding hydrogens is 258 g/mol. The number of hydrogen-bond donors (Lipinski definition) is 2. The maximum atomic E-state index is 10.7. The van der Waals surface area contributed by atoms with Gasteiger partial charge in [0.2, 0.25) is 0 Å². The van der Waals surface area contributed by atoms with Crippen LogP contribution in [0.25, 0.3) is 0 Å². The van der Waals surface area contributed by atoms with Crippen LogP contribution in [0.15, 0.2) is 12.1 Å². The smallest absolute Gasteiger partial charge is 0.123 e. The third-order valence-electron chi connectivity index (χ3n) is 4.51. The SMILES string of the molecule is CC1(NCc2cc(C(C)(C)C)c(O)c(C(C)(C)C)c2)CC1. The van der Waals surface area contributed by atoms with Crippen LogP contribution in [-0.4, -0.2) is 10.6 Å². The largest absolute Gasteiger partial charge is 0.507 e. The first-order chi connectivity index (χ1) is 9.42. The van der Waals surface area contributed by atoms with Gasteiger partial charge in [-0.05, 0) is 47.3 Å². The van der Waals surface area contributed by atoms with E-state index in [4.69, 9.17) is 0 Å². The summed E-state index contributed by atoms with van der Waals surface area (Å²) in [6.07, 6.45) is 2.53. The molecule has 0 aliphatic heterocycles. The maximum Gasteiger partial charge on any atom is 0.123 e. The van der Waals surface area contributed by atoms with Gasteiger partial charge in [-0.3, -0.25) is 0 Å². The molecule has 1 saturated carbocycles. The third kappa shape index (κ3) is 3.79. The number of benzene rings is 1. The molecule has 1 aromatic rings. The molecule has 0 atom stereocenters. The summed E-state index contributed by atoms with van der Waals surface area (Å²) in [5.41, 5.74) is 3.60. The van der Waals surface area contributed by atoms with E-state index in [-0.39, 0.29) is 10.8 Å². The fourth-order valence-corrected chi connectivity index (χ4v) is 2.62. The lowest BCUT2D eigenvalue weighted by molar-refractivity contribution is 0.422. The molecular formula is C19H31NO. The average Bonchev–Trinajstić information content (AvgIpc) is 3.03. The van der Waals surface area contributed by atoms with Gasteiger partial charge in [0.25, 0.3) is 0 Å². The summed E-state index contributed by atoms with van der Waals surface area (Å²) in [5, 5.41) is 14.3. The minimum Gasteiger partial charge on any atom is -0.507 e. The van der Waals surface area contributed by atoms with Gasteiger partial charge in [-0.15, -0.1) is 0 Å². The van der Waals surface area contributed by atoms with Crippen molar-refractivity contribution in [2.45, 2.75) is 84.2 Å². The molecule has 0 radical (unpaired) electrons. The first kappa shape index (κ1) is 16.4. The van der Waals surface area contributed by atoms with E-state index in [1.165, 1.54) is 18.4 Å². The van der Waals surface area contributed by atoms with Gasteiger partial charge in [0, 0.05) is 12.1 Å². The minimum absolute atomic E-state index is 0.0520. The van der Waals surface area contributed by atoms with Crippen molar-refractivity contribution in [1.29, 1.82) is 0 Å². The molecule has 1 aliphatic rings. The highest BCUT2D eigenvalue weighted by Gasteiger charge is 2.36. The van der Waals surface area contributed by atoms with Crippen LogP contribution in [0.4, 0.5) is 0 Å². The second-order valence-corrected chi connectivity index (χ2v) is 8.95. The van der Waals surface area contributed by atoms with Crippen molar-refractivity contribution in [3.8, 4) is 5.75 Å². The zero-order valence-corrected chi connectivity index (χ0v) is 14.7. The summed E-state index contributed by atoms with van der Waals surface area (Å²) in [5.74, 6) is 0.469. The van der Waals surface area contributed by atoms with E-state index in [1.54, 1.807) is 0 Å². The normalized spacial score (nSPS) is 17.9. The molecule has 1 aromatic carbocycles. The lowest BCUT2D eigenvalue weighted by Crippen LogP contribution is -2.27. The zero-order valence-electron chi connectivity index (χ0n) is 14.7. The number of rotatable bonds is 3. The van der Waals surface area contributed by atoms with Crippen LogP contribution in [0, 0.1) is 0 Å². The number of hydrogen-bond acceptors (Lipinski definition) is 2. The second kappa shape index (κ2) is 5.01. The summed E-state index contributed by atoms with van der Waals surface area (Å²) in [6.45, 7) is 16.1. The van der Waals surface area contributed by atoms with Crippen molar-refractivity contribution in [3.63, 3.8) is 0 Å². The molecule has 2 heteroatoms. The second-order valence-electron chi connectivity index (χ2n) is 8.95. The summed E-state index contributed by atoms with van der Waals surface area (Å²) in [4.78, 5) is 0. The minimum atomic E-state index is -0.0520. The molecule has 0 aromatic heterocycles. The van der Waals surface area contributed by atoms with Gasteiger partial charge in [0.15, 0.2) is 0 Å². The Hall–Kier alpha value is -1.02. The van der Waals surface area contributed by atoms with Gasteiger partial charge >= 0.3 is 0 Å². The number of phenols is 1. The molecule has 0 spiro atoms. The topological polar surface area (TPSA) is 32.3 Å². The van der Waals surface area contributed by atoms with Crippen molar-refractivity contribution in [2.24, 2.45) is 0 Å². The van der Waals surface area contributed by atoms with Crippen LogP contribution in [0.2, 0.25) is 0 Å². The Morgan fingerprint density at radius 3 is 1.76 bits per heavy atom. The van der Waals surface area contributed by atoms with E-state index in [0.717, 1.165) is 17.7 Å². The summed E-state index contributed by atoms with van der Waals surface area (Å²) in [6, 6.07) is 4.34. The quantitative estimate of drug-likeness (QED) is 0.850. The van der Waals surface area contributed by atoms with Crippen LogP contribution in [0.3, 0.4) is 0 Å². The fourth-order valence-electron chi connectivity index (χ4n) is 2.62. The molecule has 0 saturated heterocycles. The highest BCUT2D eigenvalue weighted by atomic mass is 16.3. The van der Waals surface area contributed by atoms with Crippen LogP contribution < -0.4 is 5.32 Å². The maximum absolute atomic E-state index is 10.7. The van der Waals surface area contributed by atoms with Crippen molar-refractivity contribution < 1.29 is 5.11 Å². The Labute approximate surface area is 130 Å². The average molecular weight is 289 g/mol. The van der Waals surface area contributed by atoms with Crippen LogP contribution in [0.5, 0.6) is 5.75 Å². The Bertz CT molecular complexity index is 492. The number of aromatic hydroxyl groups is 1. The fraction of sp³-hybridized carbons (Fsp3) is 0.684. The molecule has 2 rings (SSSR count). The highest BCUT2D eigenvalue weighted by Crippen LogP contribution is 2.40. The Morgan fingerprint density at radius 2 is 1.43 bits per heavy atom. The molecule has 0 bridgehead atoms. The number of nitrogens with one attached hydrogen (secondary N) is 1. The monoisotopic (exact) mass is 289 g/mol. The van der Waals surface area contributed by atoms with Crippen molar-refractivity contribution >= 4 is 0 Å².